The van der Waals surface area contributed by atoms with Crippen molar-refractivity contribution in [2.45, 2.75) is 19.9 Å². The van der Waals surface area contributed by atoms with Crippen LogP contribution in [0.1, 0.15) is 29.7 Å². The van der Waals surface area contributed by atoms with Gasteiger partial charge in [0, 0.05) is 10.0 Å². The van der Waals surface area contributed by atoms with Crippen LogP contribution >= 0.6 is 15.9 Å². The second-order valence-electron chi connectivity index (χ2n) is 4.64. The molecule has 2 aromatic carbocycles. The average Bonchev–Trinajstić information content (AvgIpc) is 2.44. The first-order chi connectivity index (χ1) is 9.54. The van der Waals surface area contributed by atoms with Crippen molar-refractivity contribution in [2.75, 3.05) is 6.54 Å². The van der Waals surface area contributed by atoms with Crippen LogP contribution in [0.2, 0.25) is 0 Å². The van der Waals surface area contributed by atoms with Crippen LogP contribution < -0.4 is 5.32 Å². The van der Waals surface area contributed by atoms with Crippen molar-refractivity contribution in [1.82, 2.24) is 5.32 Å². The van der Waals surface area contributed by atoms with Crippen LogP contribution in [0.3, 0.4) is 0 Å². The zero-order valence-electron chi connectivity index (χ0n) is 11.4. The van der Waals surface area contributed by atoms with Crippen molar-refractivity contribution in [1.29, 1.82) is 0 Å². The summed E-state index contributed by atoms with van der Waals surface area (Å²) in [6.45, 7) is 4.16. The molecular weight excluding hydrogens is 324 g/mol. The van der Waals surface area contributed by atoms with E-state index in [1.807, 2.05) is 31.2 Å². The Morgan fingerprint density at radius 1 is 1.05 bits per heavy atom. The van der Waals surface area contributed by atoms with Crippen LogP contribution in [-0.4, -0.2) is 6.54 Å². The van der Waals surface area contributed by atoms with Crippen molar-refractivity contribution in [3.63, 3.8) is 0 Å². The zero-order chi connectivity index (χ0) is 14.7. The maximum atomic E-state index is 14.2. The minimum absolute atomic E-state index is 0.317. The van der Waals surface area contributed by atoms with Crippen molar-refractivity contribution < 1.29 is 8.78 Å². The predicted molar refractivity (Wildman–Crippen MR) is 80.8 cm³/mol. The molecule has 0 saturated heterocycles. The Morgan fingerprint density at radius 2 is 1.70 bits per heavy atom. The smallest absolute Gasteiger partial charge is 0.164 e. The van der Waals surface area contributed by atoms with Gasteiger partial charge in [0.25, 0.3) is 0 Å². The topological polar surface area (TPSA) is 12.0 Å². The molecule has 0 bridgehead atoms. The van der Waals surface area contributed by atoms with Gasteiger partial charge in [-0.1, -0.05) is 47.1 Å². The Balaban J connectivity index is 2.48. The van der Waals surface area contributed by atoms with Crippen LogP contribution in [0, 0.1) is 18.6 Å². The van der Waals surface area contributed by atoms with Gasteiger partial charge in [0.2, 0.25) is 0 Å². The molecule has 1 N–H and O–H groups in total. The van der Waals surface area contributed by atoms with Crippen molar-refractivity contribution in [3.8, 4) is 0 Å². The largest absolute Gasteiger partial charge is 0.306 e. The van der Waals surface area contributed by atoms with E-state index >= 15 is 0 Å². The number of hydrogen-bond donors (Lipinski definition) is 1. The van der Waals surface area contributed by atoms with E-state index in [0.717, 1.165) is 10.0 Å². The molecule has 0 aliphatic carbocycles. The van der Waals surface area contributed by atoms with Crippen molar-refractivity contribution in [2.24, 2.45) is 0 Å². The normalized spacial score (nSPS) is 12.4. The summed E-state index contributed by atoms with van der Waals surface area (Å²) < 4.78 is 28.9. The summed E-state index contributed by atoms with van der Waals surface area (Å²) in [5.74, 6) is -1.55. The second kappa shape index (κ2) is 6.46. The molecule has 0 fully saturated rings. The predicted octanol–water partition coefficient (Wildman–Crippen LogP) is 4.73. The lowest BCUT2D eigenvalue weighted by atomic mass is 9.97. The maximum Gasteiger partial charge on any atom is 0.164 e. The fourth-order valence-corrected chi connectivity index (χ4v) is 2.41. The van der Waals surface area contributed by atoms with Gasteiger partial charge in [0.05, 0.1) is 6.04 Å². The standard InChI is InChI=1S/C16H16BrF2N/c1-3-20-16(11-5-7-12(17)8-6-11)13-9-4-10(2)14(18)15(13)19/h4-9,16,20H,3H2,1-2H3. The summed E-state index contributed by atoms with van der Waals surface area (Å²) in [5.41, 5.74) is 1.55. The molecule has 2 rings (SSSR count). The van der Waals surface area contributed by atoms with E-state index in [4.69, 9.17) is 0 Å². The van der Waals surface area contributed by atoms with Gasteiger partial charge < -0.3 is 5.32 Å². The monoisotopic (exact) mass is 339 g/mol. The van der Waals surface area contributed by atoms with Crippen molar-refractivity contribution >= 4 is 15.9 Å². The minimum atomic E-state index is -0.779. The number of hydrogen-bond acceptors (Lipinski definition) is 1. The Bertz CT molecular complexity index is 596. The van der Waals surface area contributed by atoms with Crippen LogP contribution in [0.5, 0.6) is 0 Å². The molecule has 1 unspecified atom stereocenters. The molecule has 0 amide bonds. The van der Waals surface area contributed by atoms with Crippen LogP contribution in [0.15, 0.2) is 40.9 Å². The fourth-order valence-electron chi connectivity index (χ4n) is 2.15. The van der Waals surface area contributed by atoms with Gasteiger partial charge in [0.15, 0.2) is 11.6 Å². The molecule has 0 aliphatic heterocycles. The molecule has 0 heterocycles. The highest BCUT2D eigenvalue weighted by Gasteiger charge is 2.20. The molecule has 20 heavy (non-hydrogen) atoms. The van der Waals surface area contributed by atoms with Gasteiger partial charge in [-0.2, -0.15) is 0 Å². The maximum absolute atomic E-state index is 14.2. The third-order valence-corrected chi connectivity index (χ3v) is 3.76. The number of aryl methyl sites for hydroxylation is 1. The van der Waals surface area contributed by atoms with E-state index in [0.29, 0.717) is 17.7 Å². The van der Waals surface area contributed by atoms with Gasteiger partial charge >= 0.3 is 0 Å². The van der Waals surface area contributed by atoms with E-state index in [1.165, 1.54) is 0 Å². The van der Waals surface area contributed by atoms with Gasteiger partial charge in [0.1, 0.15) is 0 Å². The molecule has 4 heteroatoms. The van der Waals surface area contributed by atoms with Gasteiger partial charge in [-0.3, -0.25) is 0 Å². The molecule has 0 spiro atoms. The number of rotatable bonds is 4. The Labute approximate surface area is 126 Å². The summed E-state index contributed by atoms with van der Waals surface area (Å²) >= 11 is 3.37. The van der Waals surface area contributed by atoms with Crippen LogP contribution in [0.4, 0.5) is 8.78 Å². The number of halogens is 3. The molecule has 0 saturated carbocycles. The SMILES string of the molecule is CCNC(c1ccc(Br)cc1)c1ccc(C)c(F)c1F. The lowest BCUT2D eigenvalue weighted by molar-refractivity contribution is 0.478. The first-order valence-corrected chi connectivity index (χ1v) is 7.27. The van der Waals surface area contributed by atoms with E-state index in [-0.39, 0.29) is 6.04 Å². The highest BCUT2D eigenvalue weighted by atomic mass is 79.9. The molecule has 1 atom stereocenters. The molecule has 2 aromatic rings. The molecular formula is C16H16BrF2N. The van der Waals surface area contributed by atoms with Crippen molar-refractivity contribution in [3.05, 3.63) is 69.2 Å². The fraction of sp³-hybridized carbons (Fsp3) is 0.250. The Kier molecular flexibility index (Phi) is 4.89. The van der Waals surface area contributed by atoms with Gasteiger partial charge in [-0.05, 0) is 36.7 Å². The van der Waals surface area contributed by atoms with E-state index in [9.17, 15) is 8.78 Å². The number of benzene rings is 2. The average molecular weight is 340 g/mol. The Hall–Kier alpha value is -1.26. The molecule has 106 valence electrons. The zero-order valence-corrected chi connectivity index (χ0v) is 13.0. The minimum Gasteiger partial charge on any atom is -0.306 e. The highest BCUT2D eigenvalue weighted by molar-refractivity contribution is 9.10. The molecule has 0 aromatic heterocycles. The number of nitrogens with one attached hydrogen (secondary N) is 1. The van der Waals surface area contributed by atoms with Crippen LogP contribution in [-0.2, 0) is 0 Å². The first kappa shape index (κ1) is 15.1. The second-order valence-corrected chi connectivity index (χ2v) is 5.56. The first-order valence-electron chi connectivity index (χ1n) is 6.48. The van der Waals surface area contributed by atoms with Crippen LogP contribution in [0.25, 0.3) is 0 Å². The quantitative estimate of drug-likeness (QED) is 0.848. The lowest BCUT2D eigenvalue weighted by Crippen LogP contribution is -2.23. The summed E-state index contributed by atoms with van der Waals surface area (Å²) in [4.78, 5) is 0. The summed E-state index contributed by atoms with van der Waals surface area (Å²) in [6, 6.07) is 10.5. The highest BCUT2D eigenvalue weighted by Crippen LogP contribution is 2.28. The van der Waals surface area contributed by atoms with E-state index < -0.39 is 11.6 Å². The Morgan fingerprint density at radius 3 is 2.30 bits per heavy atom. The third kappa shape index (κ3) is 3.07. The van der Waals surface area contributed by atoms with Gasteiger partial charge in [-0.15, -0.1) is 0 Å². The summed E-state index contributed by atoms with van der Waals surface area (Å²) in [7, 11) is 0. The molecule has 1 nitrogen and oxygen atoms in total. The van der Waals surface area contributed by atoms with E-state index in [2.05, 4.69) is 21.2 Å². The third-order valence-electron chi connectivity index (χ3n) is 3.23. The summed E-state index contributed by atoms with van der Waals surface area (Å²) in [5, 5.41) is 3.20. The molecule has 0 radical (unpaired) electrons. The molecule has 0 aliphatic rings. The van der Waals surface area contributed by atoms with Gasteiger partial charge in [-0.25, -0.2) is 8.78 Å². The summed E-state index contributed by atoms with van der Waals surface area (Å²) in [6.07, 6.45) is 0. The van der Waals surface area contributed by atoms with E-state index in [1.54, 1.807) is 19.1 Å². The lowest BCUT2D eigenvalue weighted by Gasteiger charge is -2.20.